The maximum Gasteiger partial charge on any atom is 0.191 e. The first-order valence-electron chi connectivity index (χ1n) is 7.91. The third-order valence-electron chi connectivity index (χ3n) is 3.44. The molecular formula is C17H26IN3O4. The monoisotopic (exact) mass is 463 g/mol. The van der Waals surface area contributed by atoms with Crippen molar-refractivity contribution in [3.8, 4) is 0 Å². The molecule has 2 aromatic rings. The molecule has 0 aromatic carbocycles. The second-order valence-corrected chi connectivity index (χ2v) is 5.59. The number of ether oxygens (including phenoxy) is 1. The summed E-state index contributed by atoms with van der Waals surface area (Å²) < 4.78 is 15.6. The number of hydrogen-bond acceptors (Lipinski definition) is 5. The molecular weight excluding hydrogens is 437 g/mol. The van der Waals surface area contributed by atoms with E-state index in [9.17, 15) is 5.11 Å². The van der Waals surface area contributed by atoms with Gasteiger partial charge in [-0.05, 0) is 31.2 Å². The topological polar surface area (TPSA) is 92.2 Å². The summed E-state index contributed by atoms with van der Waals surface area (Å²) in [7, 11) is 1.64. The Balaban J connectivity index is 0.00000312. The lowest BCUT2D eigenvalue weighted by molar-refractivity contribution is 0.0437. The van der Waals surface area contributed by atoms with Gasteiger partial charge in [0.15, 0.2) is 5.96 Å². The van der Waals surface area contributed by atoms with Crippen molar-refractivity contribution in [1.82, 2.24) is 10.6 Å². The molecule has 0 fully saturated rings. The molecule has 0 aliphatic carbocycles. The van der Waals surface area contributed by atoms with Gasteiger partial charge in [-0.2, -0.15) is 0 Å². The predicted molar refractivity (Wildman–Crippen MR) is 106 cm³/mol. The van der Waals surface area contributed by atoms with Gasteiger partial charge in [0, 0.05) is 26.6 Å². The van der Waals surface area contributed by atoms with Crippen LogP contribution in [0.15, 0.2) is 50.6 Å². The lowest BCUT2D eigenvalue weighted by atomic mass is 10.0. The Kier molecular flexibility index (Phi) is 9.61. The van der Waals surface area contributed by atoms with E-state index in [1.165, 1.54) is 6.26 Å². The minimum atomic E-state index is -1.17. The largest absolute Gasteiger partial charge is 0.469 e. The zero-order valence-electron chi connectivity index (χ0n) is 14.5. The van der Waals surface area contributed by atoms with E-state index in [1.807, 2.05) is 12.1 Å². The van der Waals surface area contributed by atoms with Crippen LogP contribution >= 0.6 is 24.0 Å². The molecule has 1 unspecified atom stereocenters. The van der Waals surface area contributed by atoms with Gasteiger partial charge >= 0.3 is 0 Å². The fraction of sp³-hybridized carbons (Fsp3) is 0.471. The number of rotatable bonds is 9. The molecule has 0 amide bonds. The number of aliphatic hydroxyl groups is 1. The van der Waals surface area contributed by atoms with Crippen LogP contribution in [0.3, 0.4) is 0 Å². The van der Waals surface area contributed by atoms with Gasteiger partial charge in [0.25, 0.3) is 0 Å². The van der Waals surface area contributed by atoms with E-state index in [0.29, 0.717) is 31.4 Å². The molecule has 1 atom stereocenters. The van der Waals surface area contributed by atoms with Crippen molar-refractivity contribution in [2.24, 2.45) is 4.99 Å². The molecule has 0 aliphatic heterocycles. The molecule has 0 saturated heterocycles. The average molecular weight is 463 g/mol. The van der Waals surface area contributed by atoms with E-state index in [0.717, 1.165) is 12.2 Å². The number of furan rings is 2. The zero-order chi connectivity index (χ0) is 17.3. The van der Waals surface area contributed by atoms with Gasteiger partial charge in [-0.15, -0.1) is 24.0 Å². The quantitative estimate of drug-likeness (QED) is 0.229. The van der Waals surface area contributed by atoms with Crippen molar-refractivity contribution in [2.75, 3.05) is 33.4 Å². The summed E-state index contributed by atoms with van der Waals surface area (Å²) in [4.78, 5) is 4.44. The second-order valence-electron chi connectivity index (χ2n) is 5.59. The van der Waals surface area contributed by atoms with Crippen LogP contribution in [0, 0.1) is 0 Å². The van der Waals surface area contributed by atoms with E-state index < -0.39 is 5.60 Å². The Hall–Kier alpha value is -1.52. The van der Waals surface area contributed by atoms with E-state index in [4.69, 9.17) is 13.6 Å². The van der Waals surface area contributed by atoms with Gasteiger partial charge in [-0.3, -0.25) is 0 Å². The number of aliphatic imine (C=N–C) groups is 1. The number of nitrogens with zero attached hydrogens (tertiary/aromatic N) is 1. The fourth-order valence-electron chi connectivity index (χ4n) is 2.10. The summed E-state index contributed by atoms with van der Waals surface area (Å²) >= 11 is 0. The average Bonchev–Trinajstić information content (AvgIpc) is 3.26. The third-order valence-corrected chi connectivity index (χ3v) is 3.44. The van der Waals surface area contributed by atoms with Crippen LogP contribution in [0.4, 0.5) is 0 Å². The first-order chi connectivity index (χ1) is 11.6. The van der Waals surface area contributed by atoms with Crippen molar-refractivity contribution in [2.45, 2.75) is 18.9 Å². The number of methoxy groups -OCH3 is 1. The first kappa shape index (κ1) is 21.5. The highest BCUT2D eigenvalue weighted by molar-refractivity contribution is 14.0. The highest BCUT2D eigenvalue weighted by atomic mass is 127. The molecule has 140 valence electrons. The normalized spacial score (nSPS) is 13.8. The van der Waals surface area contributed by atoms with Gasteiger partial charge in [-0.1, -0.05) is 0 Å². The molecule has 7 nitrogen and oxygen atoms in total. The van der Waals surface area contributed by atoms with E-state index in [1.54, 1.807) is 32.4 Å². The Morgan fingerprint density at radius 2 is 1.92 bits per heavy atom. The lowest BCUT2D eigenvalue weighted by Gasteiger charge is -2.19. The standard InChI is InChI=1S/C17H25N3O4.HI/c1-17(21,15-6-4-11-24-15)13-20-16(19-9-12-22-2)18-8-7-14-5-3-10-23-14;/h3-6,10-11,21H,7-9,12-13H2,1-2H3,(H2,18,19,20);1H. The number of guanidine groups is 1. The van der Waals surface area contributed by atoms with Crippen molar-refractivity contribution >= 4 is 29.9 Å². The molecule has 2 heterocycles. The van der Waals surface area contributed by atoms with Crippen LogP contribution in [0.1, 0.15) is 18.4 Å². The maximum atomic E-state index is 10.5. The minimum Gasteiger partial charge on any atom is -0.469 e. The van der Waals surface area contributed by atoms with E-state index in [2.05, 4.69) is 15.6 Å². The van der Waals surface area contributed by atoms with Crippen LogP contribution in [-0.4, -0.2) is 44.4 Å². The highest BCUT2D eigenvalue weighted by Crippen LogP contribution is 2.20. The van der Waals surface area contributed by atoms with Crippen LogP contribution in [0.5, 0.6) is 0 Å². The van der Waals surface area contributed by atoms with Gasteiger partial charge < -0.3 is 29.3 Å². The molecule has 0 spiro atoms. The van der Waals surface area contributed by atoms with E-state index >= 15 is 0 Å². The SMILES string of the molecule is COCCNC(=NCC(C)(O)c1ccco1)NCCc1ccco1.I. The van der Waals surface area contributed by atoms with Crippen LogP contribution in [-0.2, 0) is 16.8 Å². The fourth-order valence-corrected chi connectivity index (χ4v) is 2.10. The van der Waals surface area contributed by atoms with Gasteiger partial charge in [0.2, 0.25) is 0 Å². The Labute approximate surface area is 164 Å². The summed E-state index contributed by atoms with van der Waals surface area (Å²) in [5, 5.41) is 16.9. The van der Waals surface area contributed by atoms with Crippen molar-refractivity contribution in [3.63, 3.8) is 0 Å². The van der Waals surface area contributed by atoms with Crippen LogP contribution < -0.4 is 10.6 Å². The van der Waals surface area contributed by atoms with Gasteiger partial charge in [0.05, 0.1) is 25.7 Å². The number of hydrogen-bond donors (Lipinski definition) is 3. The molecule has 3 N–H and O–H groups in total. The lowest BCUT2D eigenvalue weighted by Crippen LogP contribution is -2.41. The number of halogens is 1. The summed E-state index contributed by atoms with van der Waals surface area (Å²) in [6, 6.07) is 7.27. The van der Waals surface area contributed by atoms with Crippen molar-refractivity contribution in [3.05, 3.63) is 48.3 Å². The first-order valence-corrected chi connectivity index (χ1v) is 7.91. The molecule has 0 radical (unpaired) electrons. The van der Waals surface area contributed by atoms with E-state index in [-0.39, 0.29) is 30.5 Å². The third kappa shape index (κ3) is 7.49. The van der Waals surface area contributed by atoms with Gasteiger partial charge in [0.1, 0.15) is 17.1 Å². The molecule has 8 heteroatoms. The predicted octanol–water partition coefficient (Wildman–Crippen LogP) is 2.12. The maximum absolute atomic E-state index is 10.5. The Bertz CT molecular complexity index is 597. The molecule has 0 saturated carbocycles. The smallest absolute Gasteiger partial charge is 0.191 e. The highest BCUT2D eigenvalue weighted by Gasteiger charge is 2.26. The molecule has 0 bridgehead atoms. The van der Waals surface area contributed by atoms with Crippen molar-refractivity contribution < 1.29 is 18.7 Å². The number of nitrogens with one attached hydrogen (secondary N) is 2. The molecule has 0 aliphatic rings. The second kappa shape index (κ2) is 11.2. The summed E-state index contributed by atoms with van der Waals surface area (Å²) in [5.41, 5.74) is -1.17. The molecule has 25 heavy (non-hydrogen) atoms. The Morgan fingerprint density at radius 3 is 2.56 bits per heavy atom. The Morgan fingerprint density at radius 1 is 1.20 bits per heavy atom. The summed E-state index contributed by atoms with van der Waals surface area (Å²) in [6.45, 7) is 3.68. The van der Waals surface area contributed by atoms with Crippen LogP contribution in [0.2, 0.25) is 0 Å². The van der Waals surface area contributed by atoms with Gasteiger partial charge in [-0.25, -0.2) is 4.99 Å². The molecule has 2 aromatic heterocycles. The minimum absolute atomic E-state index is 0. The molecule has 2 rings (SSSR count). The van der Waals surface area contributed by atoms with Crippen LogP contribution in [0.25, 0.3) is 0 Å². The summed E-state index contributed by atoms with van der Waals surface area (Å²) in [5.74, 6) is 1.99. The summed E-state index contributed by atoms with van der Waals surface area (Å²) in [6.07, 6.45) is 3.93. The van der Waals surface area contributed by atoms with Crippen molar-refractivity contribution in [1.29, 1.82) is 0 Å². The zero-order valence-corrected chi connectivity index (χ0v) is 16.9.